The van der Waals surface area contributed by atoms with Crippen LogP contribution < -0.4 is 5.73 Å². The Morgan fingerprint density at radius 2 is 1.08 bits per heavy atom. The van der Waals surface area contributed by atoms with E-state index in [2.05, 4.69) is 0 Å². The lowest BCUT2D eigenvalue weighted by molar-refractivity contribution is -0.143. The standard InChI is InChI=1S/C23H35N5O8/c24-23(12-18-4-2-1-3-5-18)17-27(15-21(33)34)9-8-25(13-19(29)30)6-7-26(14-20(31)32)10-11-28(23)16-22(35)36/h1-5H,6-17,24H2,(H,29,30)(H,31,32)(H,33,34)(H,35,36). The summed E-state index contributed by atoms with van der Waals surface area (Å²) in [6, 6.07) is 9.17. The zero-order valence-corrected chi connectivity index (χ0v) is 20.2. The lowest BCUT2D eigenvalue weighted by atomic mass is 9.97. The molecule has 13 heteroatoms. The highest BCUT2D eigenvalue weighted by molar-refractivity contribution is 5.70. The molecule has 1 unspecified atom stereocenters. The average molecular weight is 510 g/mol. The summed E-state index contributed by atoms with van der Waals surface area (Å²) in [5.41, 5.74) is 6.40. The van der Waals surface area contributed by atoms with Gasteiger partial charge in [0.05, 0.1) is 31.8 Å². The van der Waals surface area contributed by atoms with E-state index in [9.17, 15) is 39.6 Å². The first-order chi connectivity index (χ1) is 17.0. The summed E-state index contributed by atoms with van der Waals surface area (Å²) in [7, 11) is 0. The van der Waals surface area contributed by atoms with Crippen LogP contribution in [0.25, 0.3) is 0 Å². The highest BCUT2D eigenvalue weighted by atomic mass is 16.4. The summed E-state index contributed by atoms with van der Waals surface area (Å²) < 4.78 is 0. The van der Waals surface area contributed by atoms with Crippen LogP contribution in [-0.4, -0.2) is 142 Å². The molecule has 1 atom stereocenters. The minimum absolute atomic E-state index is 0.00131. The van der Waals surface area contributed by atoms with Gasteiger partial charge in [-0.25, -0.2) is 0 Å². The highest BCUT2D eigenvalue weighted by Gasteiger charge is 2.37. The van der Waals surface area contributed by atoms with Crippen molar-refractivity contribution in [3.63, 3.8) is 0 Å². The van der Waals surface area contributed by atoms with Crippen molar-refractivity contribution < 1.29 is 39.6 Å². The molecule has 200 valence electrons. The molecule has 2 rings (SSSR count). The van der Waals surface area contributed by atoms with Gasteiger partial charge < -0.3 is 26.2 Å². The smallest absolute Gasteiger partial charge is 0.317 e. The maximum absolute atomic E-state index is 11.8. The van der Waals surface area contributed by atoms with Crippen LogP contribution >= 0.6 is 0 Å². The van der Waals surface area contributed by atoms with Crippen LogP contribution in [0.1, 0.15) is 5.56 Å². The molecule has 1 aromatic rings. The van der Waals surface area contributed by atoms with Gasteiger partial charge in [0.2, 0.25) is 0 Å². The number of hydrogen-bond donors (Lipinski definition) is 5. The molecule has 36 heavy (non-hydrogen) atoms. The van der Waals surface area contributed by atoms with Crippen molar-refractivity contribution in [1.29, 1.82) is 0 Å². The number of rotatable bonds is 10. The zero-order valence-electron chi connectivity index (χ0n) is 20.2. The van der Waals surface area contributed by atoms with Gasteiger partial charge in [0.25, 0.3) is 0 Å². The summed E-state index contributed by atoms with van der Waals surface area (Å²) >= 11 is 0. The lowest BCUT2D eigenvalue weighted by Gasteiger charge is -2.44. The molecular weight excluding hydrogens is 474 g/mol. The molecule has 1 fully saturated rings. The number of aliphatic carboxylic acids is 4. The number of benzene rings is 1. The van der Waals surface area contributed by atoms with Crippen LogP contribution in [0.15, 0.2) is 30.3 Å². The van der Waals surface area contributed by atoms with Gasteiger partial charge in [0.15, 0.2) is 0 Å². The third kappa shape index (κ3) is 10.3. The molecule has 0 aliphatic carbocycles. The Labute approximate surface area is 209 Å². The predicted octanol–water partition coefficient (Wildman–Crippen LogP) is -1.56. The van der Waals surface area contributed by atoms with E-state index in [0.717, 1.165) is 5.56 Å². The molecule has 0 aromatic heterocycles. The normalized spacial score (nSPS) is 21.8. The van der Waals surface area contributed by atoms with Gasteiger partial charge in [-0.15, -0.1) is 0 Å². The third-order valence-corrected chi connectivity index (χ3v) is 6.03. The zero-order chi connectivity index (χ0) is 26.7. The fraction of sp³-hybridized carbons (Fsp3) is 0.565. The van der Waals surface area contributed by atoms with Crippen molar-refractivity contribution in [2.75, 3.05) is 72.0 Å². The van der Waals surface area contributed by atoms with Crippen LogP contribution in [0.5, 0.6) is 0 Å². The summed E-state index contributed by atoms with van der Waals surface area (Å²) in [5.74, 6) is -4.33. The van der Waals surface area contributed by atoms with Crippen LogP contribution in [0.4, 0.5) is 0 Å². The average Bonchev–Trinajstić information content (AvgIpc) is 2.76. The number of nitrogens with two attached hydrogens (primary N) is 1. The lowest BCUT2D eigenvalue weighted by Crippen LogP contribution is -2.66. The second kappa shape index (κ2) is 13.8. The first kappa shape index (κ1) is 29.1. The van der Waals surface area contributed by atoms with Gasteiger partial charge in [-0.05, 0) is 5.56 Å². The molecule has 1 saturated heterocycles. The van der Waals surface area contributed by atoms with Crippen LogP contribution in [-0.2, 0) is 25.6 Å². The molecule has 6 N–H and O–H groups in total. The molecule has 0 amide bonds. The van der Waals surface area contributed by atoms with Crippen LogP contribution in [0.2, 0.25) is 0 Å². The molecule has 13 nitrogen and oxygen atoms in total. The molecule has 0 saturated carbocycles. The number of hydrogen-bond acceptors (Lipinski definition) is 9. The number of carbonyl (C=O) groups is 4. The Morgan fingerprint density at radius 3 is 1.56 bits per heavy atom. The fourth-order valence-corrected chi connectivity index (χ4v) is 4.38. The number of carboxylic acids is 4. The third-order valence-electron chi connectivity index (χ3n) is 6.03. The quantitative estimate of drug-likeness (QED) is 0.244. The van der Waals surface area contributed by atoms with Crippen molar-refractivity contribution in [3.8, 4) is 0 Å². The summed E-state index contributed by atoms with van der Waals surface area (Å²) in [6.45, 7) is -0.219. The van der Waals surface area contributed by atoms with Gasteiger partial charge in [0.1, 0.15) is 0 Å². The first-order valence-electron chi connectivity index (χ1n) is 11.6. The number of carboxylic acid groups (broad SMARTS) is 4. The number of nitrogens with zero attached hydrogens (tertiary/aromatic N) is 4. The van der Waals surface area contributed by atoms with E-state index < -0.39 is 36.1 Å². The Hall–Kier alpha value is -3.10. The molecule has 0 radical (unpaired) electrons. The molecule has 1 aliphatic heterocycles. The van der Waals surface area contributed by atoms with Gasteiger partial charge in [-0.3, -0.25) is 38.8 Å². The molecule has 1 heterocycles. The topological polar surface area (TPSA) is 188 Å². The predicted molar refractivity (Wildman–Crippen MR) is 129 cm³/mol. The minimum atomic E-state index is -1.30. The fourth-order valence-electron chi connectivity index (χ4n) is 4.38. The van der Waals surface area contributed by atoms with Crippen molar-refractivity contribution in [1.82, 2.24) is 19.6 Å². The molecular formula is C23H35N5O8. The van der Waals surface area contributed by atoms with E-state index in [1.54, 1.807) is 19.6 Å². The van der Waals surface area contributed by atoms with E-state index in [4.69, 9.17) is 5.73 Å². The Balaban J connectivity index is 2.45. The first-order valence-corrected chi connectivity index (χ1v) is 11.6. The Bertz CT molecular complexity index is 902. The Kier molecular flexibility index (Phi) is 11.2. The van der Waals surface area contributed by atoms with Crippen LogP contribution in [0, 0.1) is 0 Å². The molecule has 1 aromatic carbocycles. The molecule has 0 spiro atoms. The highest BCUT2D eigenvalue weighted by Crippen LogP contribution is 2.19. The van der Waals surface area contributed by atoms with E-state index in [1.807, 2.05) is 30.3 Å². The summed E-state index contributed by atoms with van der Waals surface area (Å²) in [6.07, 6.45) is 0.217. The van der Waals surface area contributed by atoms with Crippen molar-refractivity contribution in [2.45, 2.75) is 12.1 Å². The van der Waals surface area contributed by atoms with E-state index in [0.29, 0.717) is 0 Å². The SMILES string of the molecule is NC1(Cc2ccccc2)CN(CC(=O)O)CCN(CC(=O)O)CCN(CC(=O)O)CCN1CC(=O)O. The van der Waals surface area contributed by atoms with Crippen LogP contribution in [0.3, 0.4) is 0 Å². The van der Waals surface area contributed by atoms with E-state index in [1.165, 1.54) is 0 Å². The largest absolute Gasteiger partial charge is 0.480 e. The minimum Gasteiger partial charge on any atom is -0.480 e. The summed E-state index contributed by atoms with van der Waals surface area (Å²) in [4.78, 5) is 52.6. The van der Waals surface area contributed by atoms with Gasteiger partial charge >= 0.3 is 23.9 Å². The monoisotopic (exact) mass is 509 g/mol. The van der Waals surface area contributed by atoms with E-state index in [-0.39, 0.29) is 71.9 Å². The van der Waals surface area contributed by atoms with Crippen molar-refractivity contribution in [2.24, 2.45) is 5.73 Å². The van der Waals surface area contributed by atoms with E-state index >= 15 is 0 Å². The van der Waals surface area contributed by atoms with Gasteiger partial charge in [-0.1, -0.05) is 30.3 Å². The second-order valence-corrected chi connectivity index (χ2v) is 9.03. The summed E-state index contributed by atoms with van der Waals surface area (Å²) in [5, 5.41) is 37.8. The Morgan fingerprint density at radius 1 is 0.667 bits per heavy atom. The van der Waals surface area contributed by atoms with Crippen molar-refractivity contribution >= 4 is 23.9 Å². The van der Waals surface area contributed by atoms with Gasteiger partial charge in [0, 0.05) is 52.2 Å². The second-order valence-electron chi connectivity index (χ2n) is 9.03. The van der Waals surface area contributed by atoms with Crippen molar-refractivity contribution in [3.05, 3.63) is 35.9 Å². The van der Waals surface area contributed by atoms with Gasteiger partial charge in [-0.2, -0.15) is 0 Å². The molecule has 0 bridgehead atoms. The maximum Gasteiger partial charge on any atom is 0.317 e. The maximum atomic E-state index is 11.8. The molecule has 1 aliphatic rings.